The maximum absolute atomic E-state index is 11.5. The van der Waals surface area contributed by atoms with Crippen LogP contribution in [0.15, 0.2) is 0 Å². The molecule has 0 bridgehead atoms. The third-order valence-corrected chi connectivity index (χ3v) is 5.75. The highest BCUT2D eigenvalue weighted by atomic mass is 79.9. The predicted octanol–water partition coefficient (Wildman–Crippen LogP) is 0.198. The molecule has 2 atom stereocenters. The molecule has 96 valence electrons. The van der Waals surface area contributed by atoms with Crippen LogP contribution in [0.1, 0.15) is 12.2 Å². The summed E-state index contributed by atoms with van der Waals surface area (Å²) in [6.45, 7) is 0. The largest absolute Gasteiger partial charge is 0.229 e. The van der Waals surface area contributed by atoms with Gasteiger partial charge in [0.1, 0.15) is 0 Å². The molecule has 0 saturated carbocycles. The topological polar surface area (TPSA) is 77.7 Å². The van der Waals surface area contributed by atoms with Gasteiger partial charge in [-0.3, -0.25) is 0 Å². The van der Waals surface area contributed by atoms with E-state index in [1.54, 1.807) is 7.05 Å². The van der Waals surface area contributed by atoms with Crippen molar-refractivity contribution in [2.45, 2.75) is 12.8 Å². The first-order valence-electron chi connectivity index (χ1n) is 5.49. The van der Waals surface area contributed by atoms with Crippen LogP contribution in [0.2, 0.25) is 0 Å². The fourth-order valence-electron chi connectivity index (χ4n) is 2.18. The highest BCUT2D eigenvalue weighted by Crippen LogP contribution is 2.29. The van der Waals surface area contributed by atoms with Gasteiger partial charge < -0.3 is 0 Å². The molecule has 17 heavy (non-hydrogen) atoms. The average Bonchev–Trinajstić information content (AvgIpc) is 2.81. The summed E-state index contributed by atoms with van der Waals surface area (Å²) in [5.74, 6) is 1.76. The Labute approximate surface area is 109 Å². The molecule has 0 spiro atoms. The molecule has 2 unspecified atom stereocenters. The van der Waals surface area contributed by atoms with Gasteiger partial charge in [0.05, 0.1) is 18.6 Å². The lowest BCUT2D eigenvalue weighted by molar-refractivity contribution is 0.395. The summed E-state index contributed by atoms with van der Waals surface area (Å²) >= 11 is 3.45. The quantitative estimate of drug-likeness (QED) is 0.740. The van der Waals surface area contributed by atoms with Gasteiger partial charge in [-0.05, 0) is 23.5 Å². The Morgan fingerprint density at radius 3 is 2.82 bits per heavy atom. The highest BCUT2D eigenvalue weighted by Gasteiger charge is 2.33. The Bertz CT molecular complexity index is 487. The molecule has 1 fully saturated rings. The van der Waals surface area contributed by atoms with Crippen molar-refractivity contribution in [1.82, 2.24) is 20.2 Å². The zero-order chi connectivity index (χ0) is 12.5. The number of aryl methyl sites for hydroxylation is 1. The standard InChI is InChI=1S/C9H15BrN4O2S/c1-14-12-9(11-13-14)4-8(5-10)7-2-3-17(15,16)6-7/h7-8H,2-6H2,1H3. The van der Waals surface area contributed by atoms with Crippen LogP contribution in [0.4, 0.5) is 0 Å². The minimum atomic E-state index is -2.82. The zero-order valence-electron chi connectivity index (χ0n) is 9.58. The molecule has 0 aromatic carbocycles. The Hall–Kier alpha value is -0.500. The molecule has 1 aliphatic rings. The minimum Gasteiger partial charge on any atom is -0.229 e. The number of sulfone groups is 1. The summed E-state index contributed by atoms with van der Waals surface area (Å²) < 4.78 is 22.9. The second-order valence-electron chi connectivity index (χ2n) is 4.48. The van der Waals surface area contributed by atoms with Crippen molar-refractivity contribution in [2.24, 2.45) is 18.9 Å². The first-order valence-corrected chi connectivity index (χ1v) is 8.44. The smallest absolute Gasteiger partial charge is 0.175 e. The summed E-state index contributed by atoms with van der Waals surface area (Å²) in [6.07, 6.45) is 1.43. The Morgan fingerprint density at radius 2 is 2.35 bits per heavy atom. The highest BCUT2D eigenvalue weighted by molar-refractivity contribution is 9.09. The summed E-state index contributed by atoms with van der Waals surface area (Å²) in [5, 5.41) is 12.6. The lowest BCUT2D eigenvalue weighted by Gasteiger charge is -2.18. The third-order valence-electron chi connectivity index (χ3n) is 3.13. The number of halogens is 1. The van der Waals surface area contributed by atoms with Crippen molar-refractivity contribution in [3.05, 3.63) is 5.82 Å². The van der Waals surface area contributed by atoms with E-state index in [0.29, 0.717) is 23.8 Å². The zero-order valence-corrected chi connectivity index (χ0v) is 12.0. The van der Waals surface area contributed by atoms with E-state index >= 15 is 0 Å². The number of nitrogens with zero attached hydrogens (tertiary/aromatic N) is 4. The van der Waals surface area contributed by atoms with Crippen LogP contribution in [-0.4, -0.2) is 45.5 Å². The second kappa shape index (κ2) is 5.01. The fraction of sp³-hybridized carbons (Fsp3) is 0.889. The van der Waals surface area contributed by atoms with Gasteiger partial charge >= 0.3 is 0 Å². The Morgan fingerprint density at radius 1 is 1.59 bits per heavy atom. The van der Waals surface area contributed by atoms with E-state index in [4.69, 9.17) is 0 Å². The van der Waals surface area contributed by atoms with Gasteiger partial charge in [0.15, 0.2) is 15.7 Å². The van der Waals surface area contributed by atoms with Crippen LogP contribution < -0.4 is 0 Å². The van der Waals surface area contributed by atoms with Crippen LogP contribution in [0, 0.1) is 11.8 Å². The summed E-state index contributed by atoms with van der Waals surface area (Å²) in [6, 6.07) is 0. The first-order chi connectivity index (χ1) is 8.00. The predicted molar refractivity (Wildman–Crippen MR) is 66.5 cm³/mol. The number of aromatic nitrogens is 4. The molecule has 1 aliphatic heterocycles. The number of hydrogen-bond acceptors (Lipinski definition) is 5. The molecule has 0 aliphatic carbocycles. The number of hydrogen-bond donors (Lipinski definition) is 0. The van der Waals surface area contributed by atoms with Crippen molar-refractivity contribution in [3.63, 3.8) is 0 Å². The molecule has 1 aromatic rings. The molecular formula is C9H15BrN4O2S. The molecule has 1 aromatic heterocycles. The molecule has 6 nitrogen and oxygen atoms in total. The van der Waals surface area contributed by atoms with E-state index in [9.17, 15) is 8.42 Å². The van der Waals surface area contributed by atoms with Crippen molar-refractivity contribution in [1.29, 1.82) is 0 Å². The summed E-state index contributed by atoms with van der Waals surface area (Å²) in [7, 11) is -1.10. The molecule has 2 rings (SSSR count). The first kappa shape index (κ1) is 12.9. The van der Waals surface area contributed by atoms with E-state index in [1.165, 1.54) is 4.80 Å². The average molecular weight is 323 g/mol. The van der Waals surface area contributed by atoms with Gasteiger partial charge in [-0.1, -0.05) is 15.9 Å². The van der Waals surface area contributed by atoms with Crippen molar-refractivity contribution in [2.75, 3.05) is 16.8 Å². The lowest BCUT2D eigenvalue weighted by Crippen LogP contribution is -2.20. The van der Waals surface area contributed by atoms with Gasteiger partial charge in [-0.15, -0.1) is 10.2 Å². The monoisotopic (exact) mass is 322 g/mol. The maximum atomic E-state index is 11.5. The summed E-state index contributed by atoms with van der Waals surface area (Å²) in [5.41, 5.74) is 0. The van der Waals surface area contributed by atoms with Crippen molar-refractivity contribution < 1.29 is 8.42 Å². The molecule has 0 radical (unpaired) electrons. The van der Waals surface area contributed by atoms with Crippen LogP contribution >= 0.6 is 15.9 Å². The molecule has 0 N–H and O–H groups in total. The van der Waals surface area contributed by atoms with Crippen LogP contribution in [-0.2, 0) is 23.3 Å². The number of tetrazole rings is 1. The van der Waals surface area contributed by atoms with E-state index < -0.39 is 9.84 Å². The Balaban J connectivity index is 2.02. The van der Waals surface area contributed by atoms with E-state index in [1.807, 2.05) is 0 Å². The third kappa shape index (κ3) is 3.25. The van der Waals surface area contributed by atoms with E-state index in [0.717, 1.165) is 11.8 Å². The van der Waals surface area contributed by atoms with Gasteiger partial charge in [0.2, 0.25) is 0 Å². The number of alkyl halides is 1. The van der Waals surface area contributed by atoms with Crippen molar-refractivity contribution in [3.8, 4) is 0 Å². The van der Waals surface area contributed by atoms with E-state index in [2.05, 4.69) is 31.3 Å². The summed E-state index contributed by atoms with van der Waals surface area (Å²) in [4.78, 5) is 1.42. The van der Waals surface area contributed by atoms with Gasteiger partial charge in [-0.2, -0.15) is 4.80 Å². The van der Waals surface area contributed by atoms with Crippen LogP contribution in [0.5, 0.6) is 0 Å². The lowest BCUT2D eigenvalue weighted by atomic mass is 9.90. The van der Waals surface area contributed by atoms with Gasteiger partial charge in [-0.25, -0.2) is 8.42 Å². The maximum Gasteiger partial charge on any atom is 0.175 e. The molecular weight excluding hydrogens is 308 g/mol. The molecule has 8 heteroatoms. The number of rotatable bonds is 4. The molecule has 0 amide bonds. The van der Waals surface area contributed by atoms with E-state index in [-0.39, 0.29) is 11.8 Å². The Kier molecular flexibility index (Phi) is 3.82. The van der Waals surface area contributed by atoms with Crippen LogP contribution in [0.3, 0.4) is 0 Å². The normalized spacial score (nSPS) is 24.9. The SMILES string of the molecule is Cn1nnc(CC(CBr)C2CCS(=O)(=O)C2)n1. The molecule has 1 saturated heterocycles. The fourth-order valence-corrected chi connectivity index (χ4v) is 4.86. The second-order valence-corrected chi connectivity index (χ2v) is 7.35. The minimum absolute atomic E-state index is 0.211. The van der Waals surface area contributed by atoms with Gasteiger partial charge in [0, 0.05) is 11.8 Å². The van der Waals surface area contributed by atoms with Crippen LogP contribution in [0.25, 0.3) is 0 Å². The molecule has 2 heterocycles. The van der Waals surface area contributed by atoms with Gasteiger partial charge in [0.25, 0.3) is 0 Å². The van der Waals surface area contributed by atoms with Crippen molar-refractivity contribution >= 4 is 25.8 Å².